The van der Waals surface area contributed by atoms with Crippen LogP contribution in [0.15, 0.2) is 243 Å². The molecule has 0 spiro atoms. The molecule has 11 rings (SSSR count). The van der Waals surface area contributed by atoms with Crippen molar-refractivity contribution < 1.29 is 0 Å². The van der Waals surface area contributed by atoms with Crippen molar-refractivity contribution in [3.8, 4) is 50.2 Å². The third kappa shape index (κ3) is 6.14. The van der Waals surface area contributed by atoms with E-state index in [1.54, 1.807) is 0 Å². The van der Waals surface area contributed by atoms with Crippen LogP contribution in [0, 0.1) is 0 Å². The van der Waals surface area contributed by atoms with Crippen molar-refractivity contribution in [1.29, 1.82) is 0 Å². The Bertz CT molecular complexity index is 3290. The average molecular weight is 765 g/mol. The number of rotatable bonds is 8. The molecule has 10 aromatic carbocycles. The fraction of sp³-hybridized carbons (Fsp3) is 0. The predicted molar refractivity (Wildman–Crippen MR) is 255 cm³/mol. The number of hydrogen-bond donors (Lipinski definition) is 0. The smallest absolute Gasteiger partial charge is 0.0619 e. The van der Waals surface area contributed by atoms with Crippen molar-refractivity contribution in [3.05, 3.63) is 243 Å². The zero-order valence-electron chi connectivity index (χ0n) is 33.0. The van der Waals surface area contributed by atoms with Gasteiger partial charge in [0.25, 0.3) is 0 Å². The molecule has 1 heterocycles. The molecule has 0 aliphatic heterocycles. The van der Waals surface area contributed by atoms with E-state index in [9.17, 15) is 0 Å². The monoisotopic (exact) mass is 764 g/mol. The summed E-state index contributed by atoms with van der Waals surface area (Å²) in [7, 11) is 0. The molecular weight excluding hydrogens is 725 g/mol. The standard InChI is InChI=1S/C58H40N2/c1-4-18-41(19-5-1)43-32-36-47(37-33-43)59(57-39-35-46(42-20-6-2-7-21-42)40-53(57)44-22-8-3-9-23-44)54-29-15-12-26-49(54)50-27-13-16-30-55(50)60-56-31-17-14-28-51(56)52-38-34-45-24-10-11-25-48(45)58(52)60/h1-40H. The summed E-state index contributed by atoms with van der Waals surface area (Å²) in [4.78, 5) is 2.46. The van der Waals surface area contributed by atoms with Crippen molar-refractivity contribution in [2.24, 2.45) is 0 Å². The van der Waals surface area contributed by atoms with Crippen LogP contribution in [0.3, 0.4) is 0 Å². The Morgan fingerprint density at radius 3 is 1.58 bits per heavy atom. The summed E-state index contributed by atoms with van der Waals surface area (Å²) < 4.78 is 2.49. The van der Waals surface area contributed by atoms with Crippen molar-refractivity contribution >= 4 is 49.6 Å². The molecule has 282 valence electrons. The lowest BCUT2D eigenvalue weighted by Gasteiger charge is -2.31. The van der Waals surface area contributed by atoms with Gasteiger partial charge in [-0.05, 0) is 75.7 Å². The number of benzene rings is 10. The molecule has 0 radical (unpaired) electrons. The molecule has 2 heteroatoms. The summed E-state index contributed by atoms with van der Waals surface area (Å²) >= 11 is 0. The van der Waals surface area contributed by atoms with Crippen molar-refractivity contribution in [2.75, 3.05) is 4.90 Å². The van der Waals surface area contributed by atoms with Crippen LogP contribution < -0.4 is 4.90 Å². The number of hydrogen-bond acceptors (Lipinski definition) is 1. The molecule has 0 aliphatic carbocycles. The van der Waals surface area contributed by atoms with Crippen LogP contribution in [0.4, 0.5) is 17.1 Å². The van der Waals surface area contributed by atoms with E-state index in [0.717, 1.165) is 45.0 Å². The lowest BCUT2D eigenvalue weighted by molar-refractivity contribution is 1.18. The van der Waals surface area contributed by atoms with Crippen LogP contribution in [0.5, 0.6) is 0 Å². The molecule has 0 aliphatic rings. The normalized spacial score (nSPS) is 11.3. The van der Waals surface area contributed by atoms with Gasteiger partial charge in [-0.25, -0.2) is 0 Å². The minimum Gasteiger partial charge on any atom is -0.309 e. The van der Waals surface area contributed by atoms with Gasteiger partial charge in [-0.3, -0.25) is 0 Å². The molecular formula is C58H40N2. The second-order valence-electron chi connectivity index (χ2n) is 15.3. The summed E-state index contributed by atoms with van der Waals surface area (Å²) in [6.07, 6.45) is 0. The number of nitrogens with zero attached hydrogens (tertiary/aromatic N) is 2. The maximum absolute atomic E-state index is 2.49. The lowest BCUT2D eigenvalue weighted by Crippen LogP contribution is -2.13. The number of para-hydroxylation sites is 3. The molecule has 0 unspecified atom stereocenters. The van der Waals surface area contributed by atoms with Gasteiger partial charge in [0.15, 0.2) is 0 Å². The first kappa shape index (κ1) is 35.2. The van der Waals surface area contributed by atoms with Crippen molar-refractivity contribution in [2.45, 2.75) is 0 Å². The van der Waals surface area contributed by atoms with Gasteiger partial charge >= 0.3 is 0 Å². The number of fused-ring (bicyclic) bond motifs is 5. The van der Waals surface area contributed by atoms with Gasteiger partial charge in [-0.2, -0.15) is 0 Å². The Labute approximate surface area is 350 Å². The van der Waals surface area contributed by atoms with Gasteiger partial charge in [0.1, 0.15) is 0 Å². The van der Waals surface area contributed by atoms with E-state index in [1.165, 1.54) is 54.8 Å². The van der Waals surface area contributed by atoms with Gasteiger partial charge in [-0.15, -0.1) is 0 Å². The Morgan fingerprint density at radius 1 is 0.300 bits per heavy atom. The first-order chi connectivity index (χ1) is 29.8. The number of anilines is 3. The maximum Gasteiger partial charge on any atom is 0.0619 e. The molecule has 0 bridgehead atoms. The molecule has 0 N–H and O–H groups in total. The lowest BCUT2D eigenvalue weighted by atomic mass is 9.94. The molecule has 11 aromatic rings. The largest absolute Gasteiger partial charge is 0.309 e. The first-order valence-corrected chi connectivity index (χ1v) is 20.6. The van der Waals surface area contributed by atoms with E-state index < -0.39 is 0 Å². The van der Waals surface area contributed by atoms with E-state index in [0.29, 0.717) is 0 Å². The fourth-order valence-electron chi connectivity index (χ4n) is 9.00. The summed E-state index contributed by atoms with van der Waals surface area (Å²) in [6, 6.07) is 88.0. The Hall–Kier alpha value is -7.94. The highest BCUT2D eigenvalue weighted by Gasteiger charge is 2.24. The third-order valence-corrected chi connectivity index (χ3v) is 11.8. The molecule has 0 fully saturated rings. The highest BCUT2D eigenvalue weighted by Crippen LogP contribution is 2.48. The zero-order chi connectivity index (χ0) is 39.8. The van der Waals surface area contributed by atoms with E-state index in [4.69, 9.17) is 0 Å². The zero-order valence-corrected chi connectivity index (χ0v) is 33.0. The molecule has 0 amide bonds. The van der Waals surface area contributed by atoms with E-state index in [-0.39, 0.29) is 0 Å². The minimum absolute atomic E-state index is 1.08. The van der Waals surface area contributed by atoms with Crippen LogP contribution in [-0.4, -0.2) is 4.57 Å². The van der Waals surface area contributed by atoms with Crippen LogP contribution in [0.1, 0.15) is 0 Å². The summed E-state index contributed by atoms with van der Waals surface area (Å²) in [5.41, 5.74) is 16.1. The average Bonchev–Trinajstić information content (AvgIpc) is 3.68. The second kappa shape index (κ2) is 15.1. The van der Waals surface area contributed by atoms with Crippen molar-refractivity contribution in [3.63, 3.8) is 0 Å². The molecule has 60 heavy (non-hydrogen) atoms. The molecule has 0 atom stereocenters. The molecule has 2 nitrogen and oxygen atoms in total. The van der Waals surface area contributed by atoms with Gasteiger partial charge in [0.05, 0.1) is 28.1 Å². The Morgan fingerprint density at radius 2 is 0.833 bits per heavy atom. The topological polar surface area (TPSA) is 8.17 Å². The van der Waals surface area contributed by atoms with Crippen LogP contribution in [0.25, 0.3) is 82.8 Å². The highest BCUT2D eigenvalue weighted by molar-refractivity contribution is 6.19. The molecule has 1 aromatic heterocycles. The van der Waals surface area contributed by atoms with Crippen LogP contribution >= 0.6 is 0 Å². The first-order valence-electron chi connectivity index (χ1n) is 20.6. The minimum atomic E-state index is 1.08. The molecule has 0 saturated heterocycles. The highest BCUT2D eigenvalue weighted by atomic mass is 15.1. The van der Waals surface area contributed by atoms with E-state index in [1.807, 2.05) is 0 Å². The quantitative estimate of drug-likeness (QED) is 0.150. The molecule has 0 saturated carbocycles. The number of aromatic nitrogens is 1. The maximum atomic E-state index is 2.49. The second-order valence-corrected chi connectivity index (χ2v) is 15.3. The summed E-state index contributed by atoms with van der Waals surface area (Å²) in [5.74, 6) is 0. The van der Waals surface area contributed by atoms with Crippen molar-refractivity contribution in [1.82, 2.24) is 4.57 Å². The van der Waals surface area contributed by atoms with E-state index >= 15 is 0 Å². The predicted octanol–water partition coefficient (Wildman–Crippen LogP) is 16.1. The summed E-state index contributed by atoms with van der Waals surface area (Å²) in [5, 5.41) is 4.95. The Balaban J connectivity index is 1.18. The SMILES string of the molecule is c1ccc(-c2ccc(N(c3ccc(-c4ccccc4)cc3-c3ccccc3)c3ccccc3-c3ccccc3-n3c4ccccc4c4ccc5ccccc5c43)cc2)cc1. The summed E-state index contributed by atoms with van der Waals surface area (Å²) in [6.45, 7) is 0. The van der Waals surface area contributed by atoms with Gasteiger partial charge in [0.2, 0.25) is 0 Å². The fourth-order valence-corrected chi connectivity index (χ4v) is 9.00. The van der Waals surface area contributed by atoms with Crippen LogP contribution in [-0.2, 0) is 0 Å². The van der Waals surface area contributed by atoms with Gasteiger partial charge in [-0.1, -0.05) is 200 Å². The third-order valence-electron chi connectivity index (χ3n) is 11.8. The van der Waals surface area contributed by atoms with Crippen LogP contribution in [0.2, 0.25) is 0 Å². The van der Waals surface area contributed by atoms with E-state index in [2.05, 4.69) is 252 Å². The van der Waals surface area contributed by atoms with Gasteiger partial charge < -0.3 is 9.47 Å². The Kier molecular flexibility index (Phi) is 8.87. The van der Waals surface area contributed by atoms with Gasteiger partial charge in [0, 0.05) is 38.5 Å².